The van der Waals surface area contributed by atoms with Gasteiger partial charge in [-0.2, -0.15) is 0 Å². The van der Waals surface area contributed by atoms with E-state index in [1.54, 1.807) is 0 Å². The Balaban J connectivity index is 3.56. The van der Waals surface area contributed by atoms with Gasteiger partial charge in [-0.05, 0) is 0 Å². The molecule has 0 unspecified atom stereocenters. The van der Waals surface area contributed by atoms with E-state index in [-0.39, 0.29) is 0 Å². The normalized spacial score (nSPS) is 9.60. The lowest BCUT2D eigenvalue weighted by Gasteiger charge is -2.16. The Labute approximate surface area is 83.4 Å². The summed E-state index contributed by atoms with van der Waals surface area (Å²) in [5, 5.41) is 31.5. The van der Waals surface area contributed by atoms with E-state index in [1.165, 1.54) is 0 Å². The summed E-state index contributed by atoms with van der Waals surface area (Å²) < 4.78 is 0. The molecule has 78 valence electrons. The Bertz CT molecular complexity index is 416. The lowest BCUT2D eigenvalue weighted by molar-refractivity contribution is -0.261. The van der Waals surface area contributed by atoms with Crippen molar-refractivity contribution in [3.05, 3.63) is 34.9 Å². The molecule has 1 rings (SSSR count). The molecule has 0 spiro atoms. The van der Waals surface area contributed by atoms with Gasteiger partial charge in [0.15, 0.2) is 0 Å². The summed E-state index contributed by atoms with van der Waals surface area (Å²) in [5.74, 6) is -5.50. The molecular weight excluding hydrogens is 204 g/mol. The van der Waals surface area contributed by atoms with E-state index < -0.39 is 34.6 Å². The fourth-order valence-electron chi connectivity index (χ4n) is 1.11. The molecule has 0 aliphatic rings. The third-order valence-corrected chi connectivity index (χ3v) is 1.71. The van der Waals surface area contributed by atoms with Gasteiger partial charge in [-0.15, -0.1) is 0 Å². The summed E-state index contributed by atoms with van der Waals surface area (Å²) in [6.07, 6.45) is 0. The molecule has 6 heteroatoms. The molecule has 1 aromatic carbocycles. The second-order valence-corrected chi connectivity index (χ2v) is 2.59. The molecule has 0 saturated heterocycles. The van der Waals surface area contributed by atoms with Crippen molar-refractivity contribution in [2.75, 3.05) is 0 Å². The first-order chi connectivity index (χ1) is 6.95. The first-order valence-electron chi connectivity index (χ1n) is 3.72. The average Bonchev–Trinajstić information content (AvgIpc) is 2.16. The molecule has 0 bridgehead atoms. The Hall–Kier alpha value is -2.37. The number of carboxylic acids is 3. The zero-order valence-corrected chi connectivity index (χ0v) is 7.18. The number of benzene rings is 1. The van der Waals surface area contributed by atoms with Gasteiger partial charge >= 0.3 is 0 Å². The molecule has 0 radical (unpaired) electrons. The molecule has 0 amide bonds. The Morgan fingerprint density at radius 1 is 0.800 bits per heavy atom. The molecule has 1 aromatic rings. The predicted molar refractivity (Wildman–Crippen MR) is 39.4 cm³/mol. The van der Waals surface area contributed by atoms with Gasteiger partial charge in [-0.25, -0.2) is 0 Å². The lowest BCUT2D eigenvalue weighted by Crippen LogP contribution is -2.34. The molecule has 0 N–H and O–H groups in total. The Kier molecular flexibility index (Phi) is 2.70. The highest BCUT2D eigenvalue weighted by atomic mass is 16.4. The monoisotopic (exact) mass is 207 g/mol. The van der Waals surface area contributed by atoms with E-state index in [0.29, 0.717) is 0 Å². The SMILES string of the molecule is O=C([O-])c1cccc(C(=O)[O-])c1C(=O)[O-]. The minimum Gasteiger partial charge on any atom is -0.545 e. The fraction of sp³-hybridized carbons (Fsp3) is 0. The quantitative estimate of drug-likeness (QED) is 0.514. The third kappa shape index (κ3) is 1.93. The highest BCUT2D eigenvalue weighted by Crippen LogP contribution is 2.13. The standard InChI is InChI=1S/C9H6O6/c10-7(11)4-2-1-3-5(8(12)13)6(4)9(14)15/h1-3H,(H,10,11)(H,12,13)(H,14,15)/p-3. The molecule has 0 fully saturated rings. The molecular formula is C9H3O6-3. The number of carboxylic acid groups (broad SMARTS) is 3. The summed E-state index contributed by atoms with van der Waals surface area (Å²) in [5.41, 5.74) is -2.45. The van der Waals surface area contributed by atoms with Crippen LogP contribution >= 0.6 is 0 Å². The topological polar surface area (TPSA) is 120 Å². The van der Waals surface area contributed by atoms with Gasteiger partial charge in [-0.1, -0.05) is 18.2 Å². The summed E-state index contributed by atoms with van der Waals surface area (Å²) in [7, 11) is 0. The zero-order valence-electron chi connectivity index (χ0n) is 7.18. The Morgan fingerprint density at radius 3 is 1.47 bits per heavy atom. The second-order valence-electron chi connectivity index (χ2n) is 2.59. The van der Waals surface area contributed by atoms with Crippen molar-refractivity contribution < 1.29 is 29.7 Å². The van der Waals surface area contributed by atoms with Gasteiger partial charge in [0.25, 0.3) is 0 Å². The maximum atomic E-state index is 10.6. The van der Waals surface area contributed by atoms with Gasteiger partial charge < -0.3 is 29.7 Å². The van der Waals surface area contributed by atoms with Crippen molar-refractivity contribution in [1.82, 2.24) is 0 Å². The second kappa shape index (κ2) is 3.79. The molecule has 0 aliphatic heterocycles. The summed E-state index contributed by atoms with van der Waals surface area (Å²) in [6, 6.07) is 2.89. The maximum Gasteiger partial charge on any atom is 0.0728 e. The number of hydrogen-bond acceptors (Lipinski definition) is 6. The predicted octanol–water partition coefficient (Wildman–Crippen LogP) is -3.22. The van der Waals surface area contributed by atoms with Crippen molar-refractivity contribution in [2.24, 2.45) is 0 Å². The Morgan fingerprint density at radius 2 is 1.20 bits per heavy atom. The first-order valence-corrected chi connectivity index (χ1v) is 3.72. The van der Waals surface area contributed by atoms with Crippen molar-refractivity contribution >= 4 is 17.9 Å². The van der Waals surface area contributed by atoms with Crippen molar-refractivity contribution in [2.45, 2.75) is 0 Å². The minimum absolute atomic E-state index is 0.753. The van der Waals surface area contributed by atoms with Crippen molar-refractivity contribution in [1.29, 1.82) is 0 Å². The maximum absolute atomic E-state index is 10.6. The molecule has 6 nitrogen and oxygen atoms in total. The fourth-order valence-corrected chi connectivity index (χ4v) is 1.11. The van der Waals surface area contributed by atoms with Crippen LogP contribution in [0.25, 0.3) is 0 Å². The molecule has 15 heavy (non-hydrogen) atoms. The van der Waals surface area contributed by atoms with E-state index in [4.69, 9.17) is 0 Å². The minimum atomic E-state index is -1.91. The van der Waals surface area contributed by atoms with Crippen LogP contribution in [0.2, 0.25) is 0 Å². The van der Waals surface area contributed by atoms with Crippen LogP contribution in [0.1, 0.15) is 31.1 Å². The van der Waals surface area contributed by atoms with Gasteiger partial charge in [-0.3, -0.25) is 0 Å². The zero-order chi connectivity index (χ0) is 11.6. The van der Waals surface area contributed by atoms with Crippen LogP contribution in [0.4, 0.5) is 0 Å². The number of carbonyl (C=O) groups is 3. The number of hydrogen-bond donors (Lipinski definition) is 0. The summed E-state index contributed by atoms with van der Waals surface area (Å²) >= 11 is 0. The van der Waals surface area contributed by atoms with Gasteiger partial charge in [0.1, 0.15) is 0 Å². The van der Waals surface area contributed by atoms with Gasteiger partial charge in [0.2, 0.25) is 0 Å². The smallest absolute Gasteiger partial charge is 0.0728 e. The molecule has 0 aromatic heterocycles. The molecule has 0 saturated carbocycles. The van der Waals surface area contributed by atoms with E-state index >= 15 is 0 Å². The summed E-state index contributed by atoms with van der Waals surface area (Å²) in [6.45, 7) is 0. The highest BCUT2D eigenvalue weighted by molar-refractivity contribution is 6.07. The van der Waals surface area contributed by atoms with E-state index in [9.17, 15) is 29.7 Å². The van der Waals surface area contributed by atoms with Crippen LogP contribution in [0, 0.1) is 0 Å². The van der Waals surface area contributed by atoms with Crippen LogP contribution in [0.5, 0.6) is 0 Å². The van der Waals surface area contributed by atoms with E-state index in [2.05, 4.69) is 0 Å². The van der Waals surface area contributed by atoms with Crippen molar-refractivity contribution in [3.8, 4) is 0 Å². The van der Waals surface area contributed by atoms with E-state index in [1.807, 2.05) is 0 Å². The van der Waals surface area contributed by atoms with Crippen LogP contribution in [-0.4, -0.2) is 17.9 Å². The van der Waals surface area contributed by atoms with Crippen molar-refractivity contribution in [3.63, 3.8) is 0 Å². The van der Waals surface area contributed by atoms with E-state index in [0.717, 1.165) is 18.2 Å². The molecule has 0 atom stereocenters. The first kappa shape index (κ1) is 10.7. The van der Waals surface area contributed by atoms with Gasteiger partial charge in [0.05, 0.1) is 17.9 Å². The molecule has 0 aliphatic carbocycles. The number of rotatable bonds is 3. The van der Waals surface area contributed by atoms with Crippen LogP contribution in [0.3, 0.4) is 0 Å². The largest absolute Gasteiger partial charge is 0.545 e. The van der Waals surface area contributed by atoms with Gasteiger partial charge in [0, 0.05) is 16.7 Å². The van der Waals surface area contributed by atoms with Crippen LogP contribution < -0.4 is 15.3 Å². The highest BCUT2D eigenvalue weighted by Gasteiger charge is 2.10. The summed E-state index contributed by atoms with van der Waals surface area (Å²) in [4.78, 5) is 31.5. The van der Waals surface area contributed by atoms with Crippen LogP contribution in [0.15, 0.2) is 18.2 Å². The average molecular weight is 207 g/mol. The third-order valence-electron chi connectivity index (χ3n) is 1.71. The van der Waals surface area contributed by atoms with Crippen LogP contribution in [-0.2, 0) is 0 Å². The lowest BCUT2D eigenvalue weighted by atomic mass is 10.0. The number of carbonyl (C=O) groups excluding carboxylic acids is 3. The number of aromatic carboxylic acids is 3. The molecule has 0 heterocycles.